The lowest BCUT2D eigenvalue weighted by atomic mass is 9.85. The molecule has 2 fully saturated rings. The van der Waals surface area contributed by atoms with Crippen LogP contribution in [0.2, 0.25) is 0 Å². The molecule has 2 aliphatic heterocycles. The van der Waals surface area contributed by atoms with Crippen LogP contribution in [0.1, 0.15) is 25.0 Å². The number of hydrogen-bond donors (Lipinski definition) is 2. The Kier molecular flexibility index (Phi) is 3.05. The molecule has 2 saturated heterocycles. The van der Waals surface area contributed by atoms with Crippen LogP contribution in [0.25, 0.3) is 0 Å². The first-order valence-electron chi connectivity index (χ1n) is 6.91. The highest BCUT2D eigenvalue weighted by atomic mass is 16.1. The summed E-state index contributed by atoms with van der Waals surface area (Å²) in [6.45, 7) is 3.82. The zero-order chi connectivity index (χ0) is 13.4. The van der Waals surface area contributed by atoms with Crippen molar-refractivity contribution in [2.45, 2.75) is 32.2 Å². The number of aromatic nitrogens is 1. The van der Waals surface area contributed by atoms with Crippen LogP contribution in [-0.4, -0.2) is 30.0 Å². The van der Waals surface area contributed by atoms with E-state index >= 15 is 0 Å². The predicted octanol–water partition coefficient (Wildman–Crippen LogP) is 1.08. The van der Waals surface area contributed by atoms with Gasteiger partial charge in [0, 0.05) is 31.2 Å². The summed E-state index contributed by atoms with van der Waals surface area (Å²) in [7, 11) is 0. The van der Waals surface area contributed by atoms with Gasteiger partial charge in [0.2, 0.25) is 5.91 Å². The average molecular weight is 260 g/mol. The van der Waals surface area contributed by atoms with E-state index in [-0.39, 0.29) is 5.91 Å². The monoisotopic (exact) mass is 260 g/mol. The standard InChI is InChI=1S/C14H20N4O/c1-9-2-4-11(15)14(16-9)18-7-6-12-10(8-18)3-5-13(19)17-12/h2,4,10,12H,3,5-8,15H2,1H3,(H,17,19). The van der Waals surface area contributed by atoms with Crippen LogP contribution >= 0.6 is 0 Å². The number of carbonyl (C=O) groups is 1. The second-order valence-corrected chi connectivity index (χ2v) is 5.57. The van der Waals surface area contributed by atoms with Crippen molar-refractivity contribution in [3.8, 4) is 0 Å². The molecule has 1 aromatic heterocycles. The summed E-state index contributed by atoms with van der Waals surface area (Å²) in [5.41, 5.74) is 7.77. The molecule has 2 unspecified atom stereocenters. The van der Waals surface area contributed by atoms with E-state index in [4.69, 9.17) is 5.73 Å². The summed E-state index contributed by atoms with van der Waals surface area (Å²) < 4.78 is 0. The second kappa shape index (κ2) is 4.72. The van der Waals surface area contributed by atoms with Crippen LogP contribution in [0.5, 0.6) is 0 Å². The van der Waals surface area contributed by atoms with Crippen LogP contribution in [0.3, 0.4) is 0 Å². The fourth-order valence-corrected chi connectivity index (χ4v) is 3.11. The summed E-state index contributed by atoms with van der Waals surface area (Å²) in [5.74, 6) is 1.62. The Hall–Kier alpha value is -1.78. The summed E-state index contributed by atoms with van der Waals surface area (Å²) in [6.07, 6.45) is 2.59. The van der Waals surface area contributed by atoms with Gasteiger partial charge in [-0.1, -0.05) is 0 Å². The molecule has 0 radical (unpaired) electrons. The van der Waals surface area contributed by atoms with Crippen molar-refractivity contribution in [1.29, 1.82) is 0 Å². The predicted molar refractivity (Wildman–Crippen MR) is 74.9 cm³/mol. The number of hydrogen-bond acceptors (Lipinski definition) is 4. The number of anilines is 2. The number of nitrogens with two attached hydrogens (primary N) is 1. The quantitative estimate of drug-likeness (QED) is 0.792. The highest BCUT2D eigenvalue weighted by Crippen LogP contribution is 2.30. The van der Waals surface area contributed by atoms with Crippen LogP contribution in [-0.2, 0) is 4.79 Å². The molecule has 0 bridgehead atoms. The fraction of sp³-hybridized carbons (Fsp3) is 0.571. The number of carbonyl (C=O) groups excluding carboxylic acids is 1. The molecule has 5 heteroatoms. The SMILES string of the molecule is Cc1ccc(N)c(N2CCC3NC(=O)CCC3C2)n1. The molecule has 5 nitrogen and oxygen atoms in total. The van der Waals surface area contributed by atoms with Crippen LogP contribution in [0.4, 0.5) is 11.5 Å². The van der Waals surface area contributed by atoms with Gasteiger partial charge in [-0.15, -0.1) is 0 Å². The molecule has 3 rings (SSSR count). The fourth-order valence-electron chi connectivity index (χ4n) is 3.11. The van der Waals surface area contributed by atoms with Crippen LogP contribution in [0, 0.1) is 12.8 Å². The lowest BCUT2D eigenvalue weighted by molar-refractivity contribution is -0.124. The first kappa shape index (κ1) is 12.3. The average Bonchev–Trinajstić information content (AvgIpc) is 2.41. The molecule has 0 aromatic carbocycles. The van der Waals surface area contributed by atoms with Crippen molar-refractivity contribution in [3.05, 3.63) is 17.8 Å². The molecule has 0 spiro atoms. The van der Waals surface area contributed by atoms with Gasteiger partial charge in [-0.05, 0) is 37.8 Å². The lowest BCUT2D eigenvalue weighted by Crippen LogP contribution is -2.54. The lowest BCUT2D eigenvalue weighted by Gasteiger charge is -2.42. The third kappa shape index (κ3) is 2.37. The first-order valence-corrected chi connectivity index (χ1v) is 6.91. The summed E-state index contributed by atoms with van der Waals surface area (Å²) in [4.78, 5) is 18.2. The minimum absolute atomic E-state index is 0.197. The number of nitrogens with zero attached hydrogens (tertiary/aromatic N) is 2. The minimum atomic E-state index is 0.197. The molecule has 3 N–H and O–H groups in total. The largest absolute Gasteiger partial charge is 0.396 e. The van der Waals surface area contributed by atoms with E-state index in [0.29, 0.717) is 18.4 Å². The molecule has 0 saturated carbocycles. The summed E-state index contributed by atoms with van der Waals surface area (Å²) >= 11 is 0. The normalized spacial score (nSPS) is 26.8. The van der Waals surface area contributed by atoms with Crippen molar-refractivity contribution < 1.29 is 4.79 Å². The molecule has 1 amide bonds. The zero-order valence-corrected chi connectivity index (χ0v) is 11.2. The Morgan fingerprint density at radius 3 is 3.11 bits per heavy atom. The maximum Gasteiger partial charge on any atom is 0.220 e. The van der Waals surface area contributed by atoms with E-state index in [9.17, 15) is 4.79 Å². The van der Waals surface area contributed by atoms with Crippen molar-refractivity contribution in [2.24, 2.45) is 5.92 Å². The molecule has 1 aromatic rings. The van der Waals surface area contributed by atoms with Crippen LogP contribution in [0.15, 0.2) is 12.1 Å². The smallest absolute Gasteiger partial charge is 0.220 e. The maximum absolute atomic E-state index is 11.4. The number of aryl methyl sites for hydroxylation is 1. The van der Waals surface area contributed by atoms with E-state index in [1.54, 1.807) is 0 Å². The first-order chi connectivity index (χ1) is 9.13. The molecule has 3 heterocycles. The van der Waals surface area contributed by atoms with Crippen molar-refractivity contribution in [3.63, 3.8) is 0 Å². The van der Waals surface area contributed by atoms with E-state index < -0.39 is 0 Å². The number of nitrogen functional groups attached to an aromatic ring is 1. The third-order valence-electron chi connectivity index (χ3n) is 4.17. The Morgan fingerprint density at radius 2 is 2.26 bits per heavy atom. The van der Waals surface area contributed by atoms with Crippen molar-refractivity contribution in [2.75, 3.05) is 23.7 Å². The third-order valence-corrected chi connectivity index (χ3v) is 4.17. The van der Waals surface area contributed by atoms with Gasteiger partial charge in [0.1, 0.15) is 0 Å². The zero-order valence-electron chi connectivity index (χ0n) is 11.2. The summed E-state index contributed by atoms with van der Waals surface area (Å²) in [5, 5.41) is 3.10. The number of nitrogens with one attached hydrogen (secondary N) is 1. The van der Waals surface area contributed by atoms with Crippen LogP contribution < -0.4 is 16.0 Å². The molecular weight excluding hydrogens is 240 g/mol. The van der Waals surface area contributed by atoms with Gasteiger partial charge in [-0.3, -0.25) is 4.79 Å². The molecule has 19 heavy (non-hydrogen) atoms. The van der Waals surface area contributed by atoms with Gasteiger partial charge in [0.05, 0.1) is 5.69 Å². The van der Waals surface area contributed by atoms with Crippen molar-refractivity contribution >= 4 is 17.4 Å². The molecule has 102 valence electrons. The van der Waals surface area contributed by atoms with E-state index in [1.807, 2.05) is 19.1 Å². The number of pyridine rings is 1. The van der Waals surface area contributed by atoms with Crippen molar-refractivity contribution in [1.82, 2.24) is 10.3 Å². The molecule has 2 atom stereocenters. The summed E-state index contributed by atoms with van der Waals surface area (Å²) in [6, 6.07) is 4.20. The molecular formula is C14H20N4O. The van der Waals surface area contributed by atoms with E-state index in [1.165, 1.54) is 0 Å². The Labute approximate surface area is 113 Å². The van der Waals surface area contributed by atoms with Gasteiger partial charge in [0.25, 0.3) is 0 Å². The molecule has 2 aliphatic rings. The Morgan fingerprint density at radius 1 is 1.42 bits per heavy atom. The van der Waals surface area contributed by atoms with Gasteiger partial charge in [-0.2, -0.15) is 0 Å². The number of rotatable bonds is 1. The maximum atomic E-state index is 11.4. The topological polar surface area (TPSA) is 71.2 Å². The van der Waals surface area contributed by atoms with Gasteiger partial charge in [-0.25, -0.2) is 4.98 Å². The van der Waals surface area contributed by atoms with Gasteiger partial charge >= 0.3 is 0 Å². The van der Waals surface area contributed by atoms with E-state index in [2.05, 4.69) is 15.2 Å². The minimum Gasteiger partial charge on any atom is -0.396 e. The van der Waals surface area contributed by atoms with E-state index in [0.717, 1.165) is 43.1 Å². The number of fused-ring (bicyclic) bond motifs is 1. The highest BCUT2D eigenvalue weighted by molar-refractivity contribution is 5.77. The van der Waals surface area contributed by atoms with Gasteiger partial charge in [0.15, 0.2) is 5.82 Å². The number of amides is 1. The Balaban J connectivity index is 1.77. The van der Waals surface area contributed by atoms with Gasteiger partial charge < -0.3 is 16.0 Å². The highest BCUT2D eigenvalue weighted by Gasteiger charge is 2.34. The Bertz CT molecular complexity index is 502. The molecule has 0 aliphatic carbocycles. The number of piperidine rings is 2. The second-order valence-electron chi connectivity index (χ2n) is 5.57.